The van der Waals surface area contributed by atoms with E-state index in [9.17, 15) is 4.79 Å². The van der Waals surface area contributed by atoms with Crippen LogP contribution in [0.25, 0.3) is 0 Å². The van der Waals surface area contributed by atoms with Crippen LogP contribution in [-0.2, 0) is 4.79 Å². The summed E-state index contributed by atoms with van der Waals surface area (Å²) in [5.74, 6) is 0.214. The van der Waals surface area contributed by atoms with E-state index in [0.29, 0.717) is 0 Å². The van der Waals surface area contributed by atoms with Gasteiger partial charge >= 0.3 is 29.6 Å². The van der Waals surface area contributed by atoms with Gasteiger partial charge in [-0.25, -0.2) is 0 Å². The van der Waals surface area contributed by atoms with Gasteiger partial charge in [-0.2, -0.15) is 0 Å². The molecule has 0 spiro atoms. The summed E-state index contributed by atoms with van der Waals surface area (Å²) in [5.41, 5.74) is 0. The number of carbonyl (C=O) groups is 1. The second kappa shape index (κ2) is 4.36. The number of hydrogen-bond donors (Lipinski definition) is 1. The second-order valence-electron chi connectivity index (χ2n) is 1.81. The predicted octanol–water partition coefficient (Wildman–Crippen LogP) is -0.362. The second-order valence-corrected chi connectivity index (χ2v) is 1.81. The molecule has 1 amide bonds. The van der Waals surface area contributed by atoms with E-state index in [1.54, 1.807) is 0 Å². The van der Waals surface area contributed by atoms with Crippen molar-refractivity contribution in [1.82, 2.24) is 5.32 Å². The van der Waals surface area contributed by atoms with E-state index in [1.165, 1.54) is 0 Å². The molecule has 1 rings (SSSR count). The molecule has 0 aromatic rings. The van der Waals surface area contributed by atoms with E-state index in [-0.39, 0.29) is 35.5 Å². The number of carbonyl (C=O) groups excluding carboxylic acids is 1. The Morgan fingerprint density at radius 3 is 2.38 bits per heavy atom. The first-order chi connectivity index (χ1) is 3.39. The minimum atomic E-state index is 0. The van der Waals surface area contributed by atoms with E-state index in [4.69, 9.17) is 0 Å². The SMILES string of the molecule is O=C1CCCCN1.[NaH]. The van der Waals surface area contributed by atoms with Crippen molar-refractivity contribution in [3.8, 4) is 0 Å². The summed E-state index contributed by atoms with van der Waals surface area (Å²) in [6.45, 7) is 0.888. The molecule has 1 aliphatic rings. The Bertz CT molecular complexity index is 76.5. The molecule has 0 bridgehead atoms. The van der Waals surface area contributed by atoms with Crippen molar-refractivity contribution in [2.24, 2.45) is 0 Å². The van der Waals surface area contributed by atoms with Gasteiger partial charge in [-0.05, 0) is 12.8 Å². The van der Waals surface area contributed by atoms with Crippen LogP contribution in [0.15, 0.2) is 0 Å². The summed E-state index contributed by atoms with van der Waals surface area (Å²) in [5, 5.41) is 2.74. The standard InChI is InChI=1S/C5H9NO.Na.H/c7-5-3-1-2-4-6-5;;/h1-4H2,(H,6,7);;. The van der Waals surface area contributed by atoms with Crippen molar-refractivity contribution in [3.63, 3.8) is 0 Å². The fourth-order valence-corrected chi connectivity index (χ4v) is 0.727. The molecule has 2 nitrogen and oxygen atoms in total. The van der Waals surface area contributed by atoms with Gasteiger partial charge in [-0.3, -0.25) is 4.79 Å². The molecular formula is C5H10NNaO. The van der Waals surface area contributed by atoms with Crippen molar-refractivity contribution >= 4 is 35.5 Å². The van der Waals surface area contributed by atoms with Crippen LogP contribution in [0.5, 0.6) is 0 Å². The molecule has 1 saturated heterocycles. The topological polar surface area (TPSA) is 29.1 Å². The van der Waals surface area contributed by atoms with Crippen molar-refractivity contribution in [1.29, 1.82) is 0 Å². The number of piperidine rings is 1. The molecule has 0 aromatic heterocycles. The summed E-state index contributed by atoms with van der Waals surface area (Å²) < 4.78 is 0. The molecule has 1 fully saturated rings. The van der Waals surface area contributed by atoms with Crippen molar-refractivity contribution < 1.29 is 4.79 Å². The van der Waals surface area contributed by atoms with Gasteiger partial charge in [-0.1, -0.05) is 0 Å². The fraction of sp³-hybridized carbons (Fsp3) is 0.800. The fourth-order valence-electron chi connectivity index (χ4n) is 0.727. The maximum absolute atomic E-state index is 10.4. The van der Waals surface area contributed by atoms with E-state index < -0.39 is 0 Å². The summed E-state index contributed by atoms with van der Waals surface area (Å²) in [7, 11) is 0. The van der Waals surface area contributed by atoms with Crippen molar-refractivity contribution in [3.05, 3.63) is 0 Å². The van der Waals surface area contributed by atoms with Crippen LogP contribution in [-0.4, -0.2) is 42.0 Å². The van der Waals surface area contributed by atoms with E-state index in [0.717, 1.165) is 25.8 Å². The van der Waals surface area contributed by atoms with Gasteiger partial charge in [0.25, 0.3) is 0 Å². The molecule has 1 N–H and O–H groups in total. The zero-order valence-electron chi connectivity index (χ0n) is 4.24. The van der Waals surface area contributed by atoms with E-state index in [1.807, 2.05) is 0 Å². The number of hydrogen-bond acceptors (Lipinski definition) is 1. The number of amides is 1. The summed E-state index contributed by atoms with van der Waals surface area (Å²) in [6.07, 6.45) is 2.97. The molecule has 0 aromatic carbocycles. The predicted molar refractivity (Wildman–Crippen MR) is 34.0 cm³/mol. The van der Waals surface area contributed by atoms with Gasteiger partial charge in [0.15, 0.2) is 0 Å². The van der Waals surface area contributed by atoms with Gasteiger partial charge < -0.3 is 5.32 Å². The van der Waals surface area contributed by atoms with Crippen molar-refractivity contribution in [2.45, 2.75) is 19.3 Å². The van der Waals surface area contributed by atoms with Gasteiger partial charge in [0.05, 0.1) is 0 Å². The first-order valence-corrected chi connectivity index (χ1v) is 2.66. The van der Waals surface area contributed by atoms with E-state index >= 15 is 0 Å². The van der Waals surface area contributed by atoms with Gasteiger partial charge in [-0.15, -0.1) is 0 Å². The monoisotopic (exact) mass is 123 g/mol. The maximum atomic E-state index is 10.4. The Hall–Kier alpha value is 0.470. The Kier molecular flexibility index (Phi) is 4.61. The van der Waals surface area contributed by atoms with Gasteiger partial charge in [0.2, 0.25) is 5.91 Å². The van der Waals surface area contributed by atoms with E-state index in [2.05, 4.69) is 5.32 Å². The Morgan fingerprint density at radius 2 is 2.12 bits per heavy atom. The van der Waals surface area contributed by atoms with Crippen LogP contribution >= 0.6 is 0 Å². The average molecular weight is 123 g/mol. The third kappa shape index (κ3) is 2.70. The Morgan fingerprint density at radius 1 is 1.38 bits per heavy atom. The first-order valence-electron chi connectivity index (χ1n) is 2.66. The molecule has 3 heteroatoms. The minimum absolute atomic E-state index is 0. The zero-order valence-corrected chi connectivity index (χ0v) is 4.24. The quantitative estimate of drug-likeness (QED) is 0.438. The van der Waals surface area contributed by atoms with Crippen LogP contribution in [0.4, 0.5) is 0 Å². The zero-order chi connectivity index (χ0) is 5.11. The van der Waals surface area contributed by atoms with Crippen LogP contribution in [0.3, 0.4) is 0 Å². The molecule has 1 heterocycles. The summed E-state index contributed by atoms with van der Waals surface area (Å²) >= 11 is 0. The number of nitrogens with one attached hydrogen (secondary N) is 1. The third-order valence-corrected chi connectivity index (χ3v) is 1.15. The van der Waals surface area contributed by atoms with Crippen LogP contribution < -0.4 is 5.32 Å². The average Bonchev–Trinajstić information content (AvgIpc) is 1.69. The molecule has 0 radical (unpaired) electrons. The first kappa shape index (κ1) is 8.47. The molecule has 0 atom stereocenters. The number of rotatable bonds is 0. The molecule has 0 aliphatic carbocycles. The van der Waals surface area contributed by atoms with Crippen molar-refractivity contribution in [2.75, 3.05) is 6.54 Å². The molecule has 1 aliphatic heterocycles. The molecule has 42 valence electrons. The van der Waals surface area contributed by atoms with Crippen LogP contribution in [0.1, 0.15) is 19.3 Å². The van der Waals surface area contributed by atoms with Crippen LogP contribution in [0, 0.1) is 0 Å². The molecule has 0 saturated carbocycles. The summed E-state index contributed by atoms with van der Waals surface area (Å²) in [4.78, 5) is 10.4. The Labute approximate surface area is 71.3 Å². The molecule has 0 unspecified atom stereocenters. The Balaban J connectivity index is 0.000000490. The van der Waals surface area contributed by atoms with Gasteiger partial charge in [0.1, 0.15) is 0 Å². The van der Waals surface area contributed by atoms with Gasteiger partial charge in [0, 0.05) is 13.0 Å². The summed E-state index contributed by atoms with van der Waals surface area (Å²) in [6, 6.07) is 0. The molecular weight excluding hydrogens is 113 g/mol. The normalized spacial score (nSPS) is 18.8. The van der Waals surface area contributed by atoms with Crippen LogP contribution in [0.2, 0.25) is 0 Å². The third-order valence-electron chi connectivity index (χ3n) is 1.15. The molecule has 8 heavy (non-hydrogen) atoms.